The van der Waals surface area contributed by atoms with Gasteiger partial charge in [0.1, 0.15) is 0 Å². The van der Waals surface area contributed by atoms with Gasteiger partial charge >= 0.3 is 0 Å². The van der Waals surface area contributed by atoms with Crippen LogP contribution in [-0.2, 0) is 0 Å². The van der Waals surface area contributed by atoms with Gasteiger partial charge in [-0.25, -0.2) is 0 Å². The zero-order valence-corrected chi connectivity index (χ0v) is 19.9. The van der Waals surface area contributed by atoms with Crippen LogP contribution in [0.4, 0.5) is 0 Å². The first-order chi connectivity index (χ1) is 17.8. The normalized spacial score (nSPS) is 12.3. The smallest absolute Gasteiger partial charge is 0.0641 e. The SMILES string of the molecule is C=C/C=C(\C=C)n1c2ccccc2c2c1ccc1c3ccccc3n(-c3ccc4ccccc4c3)c12. The van der Waals surface area contributed by atoms with E-state index in [2.05, 4.69) is 125 Å². The number of benzene rings is 5. The first-order valence-electron chi connectivity index (χ1n) is 12.2. The Labute approximate surface area is 209 Å². The van der Waals surface area contributed by atoms with Crippen LogP contribution in [0.3, 0.4) is 0 Å². The summed E-state index contributed by atoms with van der Waals surface area (Å²) in [6, 6.07) is 37.2. The average molecular weight is 461 g/mol. The van der Waals surface area contributed by atoms with Gasteiger partial charge in [0.25, 0.3) is 0 Å². The fourth-order valence-corrected chi connectivity index (χ4v) is 5.73. The Kier molecular flexibility index (Phi) is 4.49. The first kappa shape index (κ1) is 20.5. The number of nitrogens with zero attached hydrogens (tertiary/aromatic N) is 2. The highest BCUT2D eigenvalue weighted by Gasteiger charge is 2.20. The molecule has 0 spiro atoms. The largest absolute Gasteiger partial charge is 0.309 e. The molecular formula is C34H24N2. The van der Waals surface area contributed by atoms with E-state index in [1.54, 1.807) is 0 Å². The maximum Gasteiger partial charge on any atom is 0.0641 e. The van der Waals surface area contributed by atoms with Gasteiger partial charge in [-0.05, 0) is 53.3 Å². The lowest BCUT2D eigenvalue weighted by molar-refractivity contribution is 1.19. The van der Waals surface area contributed by atoms with Crippen LogP contribution in [0.25, 0.3) is 65.8 Å². The Bertz CT molecular complexity index is 2030. The molecule has 0 radical (unpaired) electrons. The third-order valence-electron chi connectivity index (χ3n) is 7.22. The van der Waals surface area contributed by atoms with E-state index < -0.39 is 0 Å². The zero-order chi connectivity index (χ0) is 24.2. The van der Waals surface area contributed by atoms with Crippen LogP contribution in [0.5, 0.6) is 0 Å². The van der Waals surface area contributed by atoms with E-state index in [0.29, 0.717) is 0 Å². The fraction of sp³-hybridized carbons (Fsp3) is 0. The average Bonchev–Trinajstić information content (AvgIpc) is 3.44. The Morgan fingerprint density at radius 2 is 1.33 bits per heavy atom. The molecule has 0 saturated carbocycles. The molecule has 5 aromatic carbocycles. The number of fused-ring (bicyclic) bond motifs is 8. The lowest BCUT2D eigenvalue weighted by Crippen LogP contribution is -1.95. The molecule has 0 aliphatic heterocycles. The van der Waals surface area contributed by atoms with Gasteiger partial charge in [0, 0.05) is 32.9 Å². The predicted octanol–water partition coefficient (Wildman–Crippen LogP) is 9.26. The standard InChI is InChI=1S/C34H24N2/c1-3-11-25(4-2)35-31-17-10-8-15-29(31)33-32(35)21-20-28-27-14-7-9-16-30(27)36(34(28)33)26-19-18-23-12-5-6-13-24(23)22-26/h3-22H,1-2H2/b25-11+. The third kappa shape index (κ3) is 2.79. The monoisotopic (exact) mass is 460 g/mol. The molecule has 2 nitrogen and oxygen atoms in total. The summed E-state index contributed by atoms with van der Waals surface area (Å²) in [5.74, 6) is 0. The summed E-state index contributed by atoms with van der Waals surface area (Å²) < 4.78 is 4.72. The molecule has 7 aromatic rings. The number of hydrogen-bond donors (Lipinski definition) is 0. The second-order valence-corrected chi connectivity index (χ2v) is 9.12. The molecule has 0 amide bonds. The summed E-state index contributed by atoms with van der Waals surface area (Å²) in [5, 5.41) is 7.45. The highest BCUT2D eigenvalue weighted by atomic mass is 15.0. The number of rotatable bonds is 4. The topological polar surface area (TPSA) is 9.86 Å². The van der Waals surface area contributed by atoms with Crippen molar-refractivity contribution < 1.29 is 0 Å². The van der Waals surface area contributed by atoms with Crippen LogP contribution >= 0.6 is 0 Å². The van der Waals surface area contributed by atoms with E-state index >= 15 is 0 Å². The van der Waals surface area contributed by atoms with Crippen molar-refractivity contribution >= 4 is 60.1 Å². The number of allylic oxidation sites excluding steroid dienone is 4. The molecule has 2 aromatic heterocycles. The summed E-state index contributed by atoms with van der Waals surface area (Å²) in [6.45, 7) is 8.03. The van der Waals surface area contributed by atoms with Gasteiger partial charge in [0.15, 0.2) is 0 Å². The molecule has 0 atom stereocenters. The van der Waals surface area contributed by atoms with Gasteiger partial charge in [-0.3, -0.25) is 0 Å². The molecule has 7 rings (SSSR count). The maximum absolute atomic E-state index is 4.10. The number of para-hydroxylation sites is 2. The van der Waals surface area contributed by atoms with Crippen LogP contribution in [0, 0.1) is 0 Å². The predicted molar refractivity (Wildman–Crippen MR) is 156 cm³/mol. The van der Waals surface area contributed by atoms with Crippen LogP contribution < -0.4 is 0 Å². The van der Waals surface area contributed by atoms with Crippen molar-refractivity contribution in [2.24, 2.45) is 0 Å². The fourth-order valence-electron chi connectivity index (χ4n) is 5.73. The summed E-state index contributed by atoms with van der Waals surface area (Å²) >= 11 is 0. The molecule has 170 valence electrons. The molecular weight excluding hydrogens is 436 g/mol. The van der Waals surface area contributed by atoms with Gasteiger partial charge in [-0.2, -0.15) is 0 Å². The Hall–Kier alpha value is -4.82. The van der Waals surface area contributed by atoms with Crippen molar-refractivity contribution in [2.45, 2.75) is 0 Å². The number of aromatic nitrogens is 2. The van der Waals surface area contributed by atoms with Crippen molar-refractivity contribution in [3.05, 3.63) is 135 Å². The minimum absolute atomic E-state index is 1.00. The maximum atomic E-state index is 4.10. The van der Waals surface area contributed by atoms with E-state index in [-0.39, 0.29) is 0 Å². The van der Waals surface area contributed by atoms with Gasteiger partial charge in [0.2, 0.25) is 0 Å². The van der Waals surface area contributed by atoms with E-state index in [4.69, 9.17) is 0 Å². The molecule has 0 fully saturated rings. The quantitative estimate of drug-likeness (QED) is 0.232. The molecule has 0 aliphatic carbocycles. The van der Waals surface area contributed by atoms with Crippen molar-refractivity contribution in [1.82, 2.24) is 9.13 Å². The Morgan fingerprint density at radius 1 is 0.611 bits per heavy atom. The lowest BCUT2D eigenvalue weighted by Gasteiger charge is -2.11. The van der Waals surface area contributed by atoms with Crippen LogP contribution in [0.1, 0.15) is 0 Å². The van der Waals surface area contributed by atoms with Crippen molar-refractivity contribution in [3.63, 3.8) is 0 Å². The summed E-state index contributed by atoms with van der Waals surface area (Å²) in [5.41, 5.74) is 6.90. The first-order valence-corrected chi connectivity index (χ1v) is 12.2. The molecule has 0 N–H and O–H groups in total. The van der Waals surface area contributed by atoms with Crippen molar-refractivity contribution in [1.29, 1.82) is 0 Å². The highest BCUT2D eigenvalue weighted by Crippen LogP contribution is 2.42. The molecule has 2 heterocycles. The van der Waals surface area contributed by atoms with Crippen LogP contribution in [0.15, 0.2) is 135 Å². The lowest BCUT2D eigenvalue weighted by atomic mass is 10.1. The van der Waals surface area contributed by atoms with Crippen molar-refractivity contribution in [2.75, 3.05) is 0 Å². The third-order valence-corrected chi connectivity index (χ3v) is 7.22. The molecule has 2 heteroatoms. The van der Waals surface area contributed by atoms with E-state index in [9.17, 15) is 0 Å². The second kappa shape index (κ2) is 7.86. The minimum Gasteiger partial charge on any atom is -0.309 e. The molecule has 0 saturated heterocycles. The summed E-state index contributed by atoms with van der Waals surface area (Å²) in [7, 11) is 0. The van der Waals surface area contributed by atoms with Crippen molar-refractivity contribution in [3.8, 4) is 5.69 Å². The van der Waals surface area contributed by atoms with E-state index in [0.717, 1.165) is 22.4 Å². The summed E-state index contributed by atoms with van der Waals surface area (Å²) in [6.07, 6.45) is 5.74. The molecule has 0 unspecified atom stereocenters. The minimum atomic E-state index is 1.00. The van der Waals surface area contributed by atoms with E-state index in [1.165, 1.54) is 43.4 Å². The van der Waals surface area contributed by atoms with Gasteiger partial charge < -0.3 is 9.13 Å². The van der Waals surface area contributed by atoms with Gasteiger partial charge in [-0.1, -0.05) is 92.0 Å². The second-order valence-electron chi connectivity index (χ2n) is 9.12. The summed E-state index contributed by atoms with van der Waals surface area (Å²) in [4.78, 5) is 0. The van der Waals surface area contributed by atoms with Crippen LogP contribution in [-0.4, -0.2) is 9.13 Å². The zero-order valence-electron chi connectivity index (χ0n) is 19.9. The Morgan fingerprint density at radius 3 is 2.14 bits per heavy atom. The Balaban J connectivity index is 1.73. The van der Waals surface area contributed by atoms with E-state index in [1.807, 2.05) is 18.2 Å². The van der Waals surface area contributed by atoms with Gasteiger partial charge in [-0.15, -0.1) is 0 Å². The molecule has 0 aliphatic rings. The highest BCUT2D eigenvalue weighted by molar-refractivity contribution is 6.26. The van der Waals surface area contributed by atoms with Gasteiger partial charge in [0.05, 0.1) is 22.1 Å². The number of hydrogen-bond acceptors (Lipinski definition) is 0. The van der Waals surface area contributed by atoms with Crippen LogP contribution in [0.2, 0.25) is 0 Å². The molecule has 36 heavy (non-hydrogen) atoms. The molecule has 0 bridgehead atoms.